The fraction of sp³-hybridized carbons (Fsp3) is 0.0625. The minimum atomic E-state index is -0.598. The monoisotopic (exact) mass is 340 g/mol. The van der Waals surface area contributed by atoms with Crippen molar-refractivity contribution in [2.75, 3.05) is 7.11 Å². The first-order chi connectivity index (χ1) is 11.7. The largest absolute Gasteiger partial charge is 0.466 e. The van der Waals surface area contributed by atoms with Crippen molar-refractivity contribution in [3.05, 3.63) is 53.1 Å². The van der Waals surface area contributed by atoms with Gasteiger partial charge in [-0.15, -0.1) is 5.10 Å². The van der Waals surface area contributed by atoms with Gasteiger partial charge in [-0.1, -0.05) is 24.3 Å². The van der Waals surface area contributed by atoms with Crippen LogP contribution in [0.1, 0.15) is 5.56 Å². The highest BCUT2D eigenvalue weighted by atomic mass is 32.2. The van der Waals surface area contributed by atoms with Crippen LogP contribution in [-0.4, -0.2) is 35.4 Å². The Balaban J connectivity index is 1.78. The molecule has 0 saturated carbocycles. The number of amides is 1. The van der Waals surface area contributed by atoms with E-state index in [0.717, 1.165) is 34.3 Å². The maximum absolute atomic E-state index is 11.7. The first-order valence-corrected chi connectivity index (χ1v) is 7.72. The van der Waals surface area contributed by atoms with Crippen molar-refractivity contribution < 1.29 is 14.3 Å². The number of benzene rings is 1. The fourth-order valence-corrected chi connectivity index (χ4v) is 2.76. The maximum atomic E-state index is 11.7. The summed E-state index contributed by atoms with van der Waals surface area (Å²) in [5.41, 5.74) is 1.63. The Morgan fingerprint density at radius 1 is 1.33 bits per heavy atom. The number of aromatic nitrogens is 1. The summed E-state index contributed by atoms with van der Waals surface area (Å²) < 4.78 is 4.49. The van der Waals surface area contributed by atoms with Crippen LogP contribution < -0.4 is 5.32 Å². The molecule has 3 rings (SSSR count). The summed E-state index contributed by atoms with van der Waals surface area (Å²) in [5, 5.41) is 11.8. The highest BCUT2D eigenvalue weighted by Crippen LogP contribution is 2.23. The topological polar surface area (TPSA) is 93.0 Å². The lowest BCUT2D eigenvalue weighted by Gasteiger charge is -1.99. The first-order valence-electron chi connectivity index (χ1n) is 6.91. The molecule has 2 heterocycles. The van der Waals surface area contributed by atoms with Crippen LogP contribution in [-0.2, 0) is 14.3 Å². The molecule has 0 bridgehead atoms. The molecule has 1 fully saturated rings. The lowest BCUT2D eigenvalue weighted by Crippen LogP contribution is -2.19. The van der Waals surface area contributed by atoms with E-state index in [2.05, 4.69) is 25.2 Å². The number of thioether (sulfide) groups is 1. The first kappa shape index (κ1) is 15.9. The summed E-state index contributed by atoms with van der Waals surface area (Å²) >= 11 is 1.02. The number of hydrogen-bond acceptors (Lipinski definition) is 7. The third-order valence-electron chi connectivity index (χ3n) is 3.11. The molecule has 1 aromatic heterocycles. The van der Waals surface area contributed by atoms with E-state index in [1.165, 1.54) is 7.11 Å². The molecule has 0 atom stereocenters. The lowest BCUT2D eigenvalue weighted by atomic mass is 10.1. The Kier molecular flexibility index (Phi) is 4.66. The Morgan fingerprint density at radius 3 is 3.00 bits per heavy atom. The van der Waals surface area contributed by atoms with Gasteiger partial charge in [-0.25, -0.2) is 4.79 Å². The van der Waals surface area contributed by atoms with Gasteiger partial charge in [0.25, 0.3) is 5.91 Å². The van der Waals surface area contributed by atoms with Gasteiger partial charge >= 0.3 is 5.97 Å². The number of fused-ring (bicyclic) bond motifs is 1. The molecule has 1 aliphatic rings. The maximum Gasteiger partial charge on any atom is 0.331 e. The number of rotatable bonds is 3. The van der Waals surface area contributed by atoms with Gasteiger partial charge in [0.15, 0.2) is 5.17 Å². The van der Waals surface area contributed by atoms with E-state index in [1.54, 1.807) is 12.4 Å². The van der Waals surface area contributed by atoms with Crippen molar-refractivity contribution in [2.45, 2.75) is 0 Å². The van der Waals surface area contributed by atoms with E-state index in [-0.39, 0.29) is 4.91 Å². The van der Waals surface area contributed by atoms with Crippen molar-refractivity contribution in [2.24, 2.45) is 10.2 Å². The molecule has 1 saturated heterocycles. The molecule has 0 aliphatic carbocycles. The Labute approximate surface area is 141 Å². The summed E-state index contributed by atoms with van der Waals surface area (Å²) in [4.78, 5) is 27.4. The molecule has 0 radical (unpaired) electrons. The number of pyridine rings is 1. The van der Waals surface area contributed by atoms with Crippen LogP contribution in [0.3, 0.4) is 0 Å². The van der Waals surface area contributed by atoms with Crippen LogP contribution >= 0.6 is 11.8 Å². The van der Waals surface area contributed by atoms with Crippen LogP contribution in [0.25, 0.3) is 10.9 Å². The zero-order chi connectivity index (χ0) is 16.9. The average molecular weight is 340 g/mol. The minimum Gasteiger partial charge on any atom is -0.466 e. The summed E-state index contributed by atoms with van der Waals surface area (Å²) in [6.07, 6.45) is 4.39. The van der Waals surface area contributed by atoms with E-state index in [9.17, 15) is 9.59 Å². The second kappa shape index (κ2) is 7.05. The number of ether oxygens (including phenoxy) is 1. The number of carbonyl (C=O) groups is 2. The third-order valence-corrected chi connectivity index (χ3v) is 4.01. The molecule has 0 unspecified atom stereocenters. The van der Waals surface area contributed by atoms with Gasteiger partial charge in [-0.3, -0.25) is 15.1 Å². The summed E-state index contributed by atoms with van der Waals surface area (Å²) in [5.74, 6) is -1.01. The van der Waals surface area contributed by atoms with Crippen LogP contribution in [0.15, 0.2) is 57.7 Å². The number of nitrogens with one attached hydrogen (secondary N) is 1. The second-order valence-electron chi connectivity index (χ2n) is 4.66. The van der Waals surface area contributed by atoms with Crippen molar-refractivity contribution in [3.63, 3.8) is 0 Å². The number of carbonyl (C=O) groups excluding carboxylic acids is 2. The second-order valence-corrected chi connectivity index (χ2v) is 5.69. The lowest BCUT2D eigenvalue weighted by molar-refractivity contribution is -0.135. The molecular weight excluding hydrogens is 328 g/mol. The van der Waals surface area contributed by atoms with Crippen molar-refractivity contribution in [1.29, 1.82) is 0 Å². The molecule has 8 heteroatoms. The van der Waals surface area contributed by atoms with Crippen LogP contribution in [0.2, 0.25) is 0 Å². The van der Waals surface area contributed by atoms with Gasteiger partial charge in [0, 0.05) is 23.2 Å². The smallest absolute Gasteiger partial charge is 0.331 e. The quantitative estimate of drug-likeness (QED) is 0.398. The summed E-state index contributed by atoms with van der Waals surface area (Å²) in [7, 11) is 1.24. The van der Waals surface area contributed by atoms with Crippen molar-refractivity contribution in [3.8, 4) is 0 Å². The van der Waals surface area contributed by atoms with E-state index in [0.29, 0.717) is 5.17 Å². The van der Waals surface area contributed by atoms with Gasteiger partial charge in [0.05, 0.1) is 23.7 Å². The SMILES string of the molecule is COC(=O)/C=C1/S/C(=N\N=Cc2cccc3cccnc23)NC1=O. The van der Waals surface area contributed by atoms with Gasteiger partial charge in [0.2, 0.25) is 0 Å². The Morgan fingerprint density at radius 2 is 2.17 bits per heavy atom. The number of amidine groups is 1. The van der Waals surface area contributed by atoms with Gasteiger partial charge in [-0.05, 0) is 17.8 Å². The number of hydrogen-bond donors (Lipinski definition) is 1. The van der Waals surface area contributed by atoms with Crippen molar-refractivity contribution in [1.82, 2.24) is 10.3 Å². The van der Waals surface area contributed by atoms with Crippen LogP contribution in [0, 0.1) is 0 Å². The van der Waals surface area contributed by atoms with Gasteiger partial charge < -0.3 is 4.74 Å². The fourth-order valence-electron chi connectivity index (χ4n) is 2.02. The van der Waals surface area contributed by atoms with E-state index in [1.807, 2.05) is 30.3 Å². The number of para-hydroxylation sites is 1. The molecule has 1 N–H and O–H groups in total. The van der Waals surface area contributed by atoms with E-state index in [4.69, 9.17) is 0 Å². The standard InChI is InChI=1S/C16H12N4O3S/c1-23-13(21)8-12-15(22)19-16(24-12)20-18-9-11-5-2-4-10-6-3-7-17-14(10)11/h2-9H,1H3,(H,19,20,22)/b12-8+,18-9?. The zero-order valence-corrected chi connectivity index (χ0v) is 13.4. The van der Waals surface area contributed by atoms with Gasteiger partial charge in [-0.2, -0.15) is 5.10 Å². The minimum absolute atomic E-state index is 0.211. The molecule has 1 aromatic carbocycles. The zero-order valence-electron chi connectivity index (χ0n) is 12.6. The normalized spacial score (nSPS) is 17.8. The highest BCUT2D eigenvalue weighted by molar-refractivity contribution is 8.18. The predicted molar refractivity (Wildman–Crippen MR) is 92.6 cm³/mol. The summed E-state index contributed by atoms with van der Waals surface area (Å²) in [6.45, 7) is 0. The molecule has 24 heavy (non-hydrogen) atoms. The number of methoxy groups -OCH3 is 1. The van der Waals surface area contributed by atoms with Crippen LogP contribution in [0.4, 0.5) is 0 Å². The average Bonchev–Trinajstić information content (AvgIpc) is 2.94. The predicted octanol–water partition coefficient (Wildman–Crippen LogP) is 1.84. The molecule has 1 aliphatic heterocycles. The molecular formula is C16H12N4O3S. The number of esters is 1. The molecule has 120 valence electrons. The molecule has 0 spiro atoms. The molecule has 1 amide bonds. The number of nitrogens with zero attached hydrogens (tertiary/aromatic N) is 3. The molecule has 2 aromatic rings. The van der Waals surface area contributed by atoms with Crippen LogP contribution in [0.5, 0.6) is 0 Å². The highest BCUT2D eigenvalue weighted by Gasteiger charge is 2.24. The van der Waals surface area contributed by atoms with Gasteiger partial charge in [0.1, 0.15) is 0 Å². The Hall–Kier alpha value is -3.00. The van der Waals surface area contributed by atoms with Crippen molar-refractivity contribution >= 4 is 45.9 Å². The Bertz CT molecular complexity index is 900. The summed E-state index contributed by atoms with van der Waals surface area (Å²) in [6, 6.07) is 9.57. The van der Waals surface area contributed by atoms with E-state index >= 15 is 0 Å². The molecule has 7 nitrogen and oxygen atoms in total. The van der Waals surface area contributed by atoms with E-state index < -0.39 is 11.9 Å². The third kappa shape index (κ3) is 3.49.